The van der Waals surface area contributed by atoms with E-state index in [0.717, 1.165) is 11.0 Å². The molecule has 0 radical (unpaired) electrons. The maximum absolute atomic E-state index is 3.46. The number of benzene rings is 1. The fraction of sp³-hybridized carbons (Fsp3) is 0.0909. The Morgan fingerprint density at radius 2 is 2.20 bits per heavy atom. The van der Waals surface area contributed by atoms with Crippen molar-refractivity contribution in [3.63, 3.8) is 0 Å². The first-order valence-corrected chi connectivity index (χ1v) is 7.01. The molecule has 78 valence electrons. The van der Waals surface area contributed by atoms with Crippen LogP contribution >= 0.6 is 39.2 Å². The van der Waals surface area contributed by atoms with Gasteiger partial charge in [-0.25, -0.2) is 0 Å². The summed E-state index contributed by atoms with van der Waals surface area (Å²) in [6.45, 7) is 0.877. The van der Waals surface area contributed by atoms with E-state index in [-0.39, 0.29) is 0 Å². The minimum absolute atomic E-state index is 0.877. The SMILES string of the molecule is Brc1cccc(CNSc2cccs2)c1. The molecule has 0 saturated heterocycles. The molecule has 1 aromatic carbocycles. The molecule has 0 aliphatic carbocycles. The van der Waals surface area contributed by atoms with Gasteiger partial charge in [0.25, 0.3) is 0 Å². The highest BCUT2D eigenvalue weighted by Crippen LogP contribution is 2.21. The average Bonchev–Trinajstić information content (AvgIpc) is 2.71. The molecule has 15 heavy (non-hydrogen) atoms. The average molecular weight is 300 g/mol. The number of thiophene rings is 1. The molecule has 0 aliphatic rings. The molecule has 0 bridgehead atoms. The first-order valence-electron chi connectivity index (χ1n) is 4.52. The zero-order valence-corrected chi connectivity index (χ0v) is 11.2. The summed E-state index contributed by atoms with van der Waals surface area (Å²) in [5, 5.41) is 2.09. The van der Waals surface area contributed by atoms with E-state index in [1.165, 1.54) is 9.77 Å². The van der Waals surface area contributed by atoms with Crippen molar-refractivity contribution in [1.82, 2.24) is 4.72 Å². The Bertz CT molecular complexity index is 414. The van der Waals surface area contributed by atoms with Crippen LogP contribution in [0.25, 0.3) is 0 Å². The molecule has 0 fully saturated rings. The van der Waals surface area contributed by atoms with Crippen molar-refractivity contribution in [2.75, 3.05) is 0 Å². The van der Waals surface area contributed by atoms with Gasteiger partial charge < -0.3 is 0 Å². The first-order chi connectivity index (χ1) is 7.34. The van der Waals surface area contributed by atoms with Gasteiger partial charge in [0.1, 0.15) is 0 Å². The van der Waals surface area contributed by atoms with Crippen LogP contribution in [-0.2, 0) is 6.54 Å². The van der Waals surface area contributed by atoms with Crippen molar-refractivity contribution >= 4 is 39.2 Å². The van der Waals surface area contributed by atoms with Gasteiger partial charge in [0.15, 0.2) is 0 Å². The van der Waals surface area contributed by atoms with Gasteiger partial charge in [0.2, 0.25) is 0 Å². The Balaban J connectivity index is 1.83. The molecule has 0 spiro atoms. The fourth-order valence-electron chi connectivity index (χ4n) is 1.16. The maximum atomic E-state index is 3.46. The molecule has 0 saturated carbocycles. The zero-order valence-electron chi connectivity index (χ0n) is 7.94. The molecular weight excluding hydrogens is 290 g/mol. The summed E-state index contributed by atoms with van der Waals surface area (Å²) < 4.78 is 5.76. The molecular formula is C11H10BrNS2. The van der Waals surface area contributed by atoms with E-state index in [2.05, 4.69) is 56.4 Å². The lowest BCUT2D eigenvalue weighted by Gasteiger charge is -2.02. The fourth-order valence-corrected chi connectivity index (χ4v) is 3.12. The third kappa shape index (κ3) is 3.65. The molecule has 1 N–H and O–H groups in total. The maximum Gasteiger partial charge on any atom is 0.0751 e. The number of rotatable bonds is 4. The summed E-state index contributed by atoms with van der Waals surface area (Å²) >= 11 is 6.89. The largest absolute Gasteiger partial charge is 0.255 e. The van der Waals surface area contributed by atoms with Crippen molar-refractivity contribution in [2.45, 2.75) is 10.8 Å². The van der Waals surface area contributed by atoms with Crippen molar-refractivity contribution in [3.05, 3.63) is 51.8 Å². The monoisotopic (exact) mass is 299 g/mol. The van der Waals surface area contributed by atoms with E-state index in [4.69, 9.17) is 0 Å². The number of hydrogen-bond acceptors (Lipinski definition) is 3. The van der Waals surface area contributed by atoms with Gasteiger partial charge in [-0.2, -0.15) is 0 Å². The van der Waals surface area contributed by atoms with E-state index in [1.807, 2.05) is 6.07 Å². The second-order valence-electron chi connectivity index (χ2n) is 2.99. The molecule has 2 rings (SSSR count). The van der Waals surface area contributed by atoms with E-state index < -0.39 is 0 Å². The van der Waals surface area contributed by atoms with Gasteiger partial charge in [0, 0.05) is 11.0 Å². The van der Waals surface area contributed by atoms with Gasteiger partial charge in [-0.1, -0.05) is 34.1 Å². The standard InChI is InChI=1S/C11H10BrNS2/c12-10-4-1-3-9(7-10)8-13-15-11-5-2-6-14-11/h1-7,13H,8H2. The van der Waals surface area contributed by atoms with E-state index in [0.29, 0.717) is 0 Å². The van der Waals surface area contributed by atoms with Crippen LogP contribution in [0.2, 0.25) is 0 Å². The minimum atomic E-state index is 0.877. The molecule has 4 heteroatoms. The normalized spacial score (nSPS) is 10.5. The Labute approximate surface area is 106 Å². The lowest BCUT2D eigenvalue weighted by molar-refractivity contribution is 0.976. The van der Waals surface area contributed by atoms with Crippen LogP contribution in [0.4, 0.5) is 0 Å². The van der Waals surface area contributed by atoms with Crippen LogP contribution in [0.3, 0.4) is 0 Å². The molecule has 0 atom stereocenters. The lowest BCUT2D eigenvalue weighted by Crippen LogP contribution is -2.01. The van der Waals surface area contributed by atoms with E-state index in [1.54, 1.807) is 23.3 Å². The molecule has 0 amide bonds. The summed E-state index contributed by atoms with van der Waals surface area (Å²) in [5.41, 5.74) is 1.29. The molecule has 2 aromatic rings. The van der Waals surface area contributed by atoms with Crippen LogP contribution in [-0.4, -0.2) is 0 Å². The first kappa shape index (κ1) is 11.2. The number of hydrogen-bond donors (Lipinski definition) is 1. The quantitative estimate of drug-likeness (QED) is 0.845. The van der Waals surface area contributed by atoms with Gasteiger partial charge >= 0.3 is 0 Å². The predicted molar refractivity (Wildman–Crippen MR) is 71.2 cm³/mol. The van der Waals surface area contributed by atoms with Crippen LogP contribution < -0.4 is 4.72 Å². The second kappa shape index (κ2) is 5.70. The highest BCUT2D eigenvalue weighted by Gasteiger charge is 1.96. The van der Waals surface area contributed by atoms with Gasteiger partial charge in [0.05, 0.1) is 4.21 Å². The van der Waals surface area contributed by atoms with Crippen molar-refractivity contribution in [2.24, 2.45) is 0 Å². The van der Waals surface area contributed by atoms with Crippen LogP contribution in [0.15, 0.2) is 50.5 Å². The van der Waals surface area contributed by atoms with Gasteiger partial charge in [-0.05, 0) is 41.1 Å². The summed E-state index contributed by atoms with van der Waals surface area (Å²) in [4.78, 5) is 0. The van der Waals surface area contributed by atoms with Crippen LogP contribution in [0, 0.1) is 0 Å². The number of halogens is 1. The third-order valence-electron chi connectivity index (χ3n) is 1.83. The van der Waals surface area contributed by atoms with Crippen molar-refractivity contribution in [1.29, 1.82) is 0 Å². The van der Waals surface area contributed by atoms with Crippen LogP contribution in [0.5, 0.6) is 0 Å². The Hall–Kier alpha value is -0.290. The summed E-state index contributed by atoms with van der Waals surface area (Å²) in [6, 6.07) is 12.5. The highest BCUT2D eigenvalue weighted by atomic mass is 79.9. The van der Waals surface area contributed by atoms with E-state index >= 15 is 0 Å². The Morgan fingerprint density at radius 3 is 2.93 bits per heavy atom. The minimum Gasteiger partial charge on any atom is -0.255 e. The Kier molecular flexibility index (Phi) is 4.26. The van der Waals surface area contributed by atoms with Crippen molar-refractivity contribution in [3.8, 4) is 0 Å². The topological polar surface area (TPSA) is 12.0 Å². The van der Waals surface area contributed by atoms with E-state index in [9.17, 15) is 0 Å². The van der Waals surface area contributed by atoms with Crippen molar-refractivity contribution < 1.29 is 0 Å². The van der Waals surface area contributed by atoms with Gasteiger partial charge in [-0.3, -0.25) is 4.72 Å². The number of nitrogens with one attached hydrogen (secondary N) is 1. The summed E-state index contributed by atoms with van der Waals surface area (Å²) in [6.07, 6.45) is 0. The highest BCUT2D eigenvalue weighted by molar-refractivity contribution is 9.10. The molecule has 1 aromatic heterocycles. The van der Waals surface area contributed by atoms with Gasteiger partial charge in [-0.15, -0.1) is 11.3 Å². The molecule has 1 heterocycles. The predicted octanol–water partition coefficient (Wildman–Crippen LogP) is 4.31. The zero-order chi connectivity index (χ0) is 10.5. The molecule has 0 aliphatic heterocycles. The third-order valence-corrected chi connectivity index (χ3v) is 4.15. The second-order valence-corrected chi connectivity index (χ2v) is 6.04. The van der Waals surface area contributed by atoms with Crippen LogP contribution in [0.1, 0.15) is 5.56 Å². The molecule has 1 nitrogen and oxygen atoms in total. The summed E-state index contributed by atoms with van der Waals surface area (Å²) in [7, 11) is 0. The summed E-state index contributed by atoms with van der Waals surface area (Å²) in [5.74, 6) is 0. The lowest BCUT2D eigenvalue weighted by atomic mass is 10.2. The Morgan fingerprint density at radius 1 is 1.27 bits per heavy atom. The molecule has 0 unspecified atom stereocenters. The smallest absolute Gasteiger partial charge is 0.0751 e.